The zero-order valence-electron chi connectivity index (χ0n) is 19.6. The molecule has 0 spiro atoms. The Morgan fingerprint density at radius 1 is 0.909 bits per heavy atom. The highest BCUT2D eigenvalue weighted by Gasteiger charge is 2.70. The van der Waals surface area contributed by atoms with Gasteiger partial charge in [0.05, 0.1) is 17.5 Å². The van der Waals surface area contributed by atoms with E-state index < -0.39 is 0 Å². The molecule has 7 atom stereocenters. The quantitative estimate of drug-likeness (QED) is 0.620. The molecule has 0 unspecified atom stereocenters. The molecule has 170 valence electrons. The minimum absolute atomic E-state index is 0.00817. The number of nitrogens with zero attached hydrogens (tertiary/aromatic N) is 3. The second-order valence-electron chi connectivity index (χ2n) is 12.4. The van der Waals surface area contributed by atoms with Crippen molar-refractivity contribution >= 4 is 0 Å². The summed E-state index contributed by atoms with van der Waals surface area (Å²) in [6.07, 6.45) is 14.4. The van der Waals surface area contributed by atoms with Gasteiger partial charge in [0.1, 0.15) is 0 Å². The maximum absolute atomic E-state index is 14.1. The average molecular weight is 442 g/mol. The van der Waals surface area contributed by atoms with E-state index in [0.29, 0.717) is 5.92 Å². The topological polar surface area (TPSA) is 48.9 Å². The zero-order valence-corrected chi connectivity index (χ0v) is 19.6. The van der Waals surface area contributed by atoms with E-state index in [2.05, 4.69) is 69.3 Å². The number of allylic oxidation sites excluding steroid dienone is 4. The van der Waals surface area contributed by atoms with Crippen LogP contribution in [0.3, 0.4) is 0 Å². The fraction of sp³-hybridized carbons (Fsp3) is 0.571. The van der Waals surface area contributed by atoms with Gasteiger partial charge >= 0.3 is 11.4 Å². The van der Waals surface area contributed by atoms with E-state index >= 15 is 0 Å². The first-order valence-electron chi connectivity index (χ1n) is 12.7. The Morgan fingerprint density at radius 3 is 2.30 bits per heavy atom. The normalized spacial score (nSPS) is 44.2. The molecule has 33 heavy (non-hydrogen) atoms. The lowest BCUT2D eigenvalue weighted by molar-refractivity contribution is -0.00716. The molecule has 3 heterocycles. The molecule has 1 aromatic carbocycles. The van der Waals surface area contributed by atoms with E-state index in [1.165, 1.54) is 17.5 Å². The second-order valence-corrected chi connectivity index (χ2v) is 12.4. The Hall–Kier alpha value is -2.56. The third-order valence-electron chi connectivity index (χ3n) is 11.8. The molecule has 9 rings (SSSR count). The van der Waals surface area contributed by atoms with E-state index in [1.807, 2.05) is 9.36 Å². The Morgan fingerprint density at radius 2 is 1.64 bits per heavy atom. The van der Waals surface area contributed by atoms with Crippen LogP contribution in [0.4, 0.5) is 0 Å². The van der Waals surface area contributed by atoms with Crippen molar-refractivity contribution in [2.75, 3.05) is 0 Å². The van der Waals surface area contributed by atoms with E-state index in [1.54, 1.807) is 4.57 Å². The highest BCUT2D eigenvalue weighted by atomic mass is 16.2. The number of rotatable bonds is 1. The van der Waals surface area contributed by atoms with Crippen molar-refractivity contribution in [2.24, 2.45) is 22.2 Å². The van der Waals surface area contributed by atoms with Crippen LogP contribution in [0.2, 0.25) is 0 Å². The van der Waals surface area contributed by atoms with Gasteiger partial charge in [-0.25, -0.2) is 23.5 Å². The number of fused-ring (bicyclic) bond motifs is 3. The molecular formula is C28H31N3O2. The smallest absolute Gasteiger partial charge is 0.246 e. The van der Waals surface area contributed by atoms with Gasteiger partial charge in [0.25, 0.3) is 0 Å². The molecule has 2 saturated carbocycles. The van der Waals surface area contributed by atoms with Gasteiger partial charge in [0.2, 0.25) is 0 Å². The zero-order chi connectivity index (χ0) is 22.5. The van der Waals surface area contributed by atoms with Crippen molar-refractivity contribution in [3.63, 3.8) is 0 Å². The first-order valence-corrected chi connectivity index (χ1v) is 12.7. The van der Waals surface area contributed by atoms with Crippen LogP contribution in [0, 0.1) is 22.2 Å². The van der Waals surface area contributed by atoms with Gasteiger partial charge in [-0.3, -0.25) is 0 Å². The predicted molar refractivity (Wildman–Crippen MR) is 126 cm³/mol. The van der Waals surface area contributed by atoms with Gasteiger partial charge < -0.3 is 0 Å². The van der Waals surface area contributed by atoms with Crippen LogP contribution in [0.5, 0.6) is 0 Å². The standard InChI is InChI=1S/C28H31N3O2/c1-25(2)18-11-12-26(25,3)22(16-18)29-23(32)30-20-8-9-21(31(30)24(29)33)28-15-14-27(20,28)13-10-17-6-4-5-7-19(17)28/h4-9,14-15,18,20-22H,10-13,16H2,1-3H3/t18-,20-,21-,22+,26-,27+,28-/m0/s1. The second kappa shape index (κ2) is 5.24. The lowest BCUT2D eigenvalue weighted by atomic mass is 9.40. The predicted octanol–water partition coefficient (Wildman–Crippen LogP) is 4.30. The molecular weight excluding hydrogens is 410 g/mol. The summed E-state index contributed by atoms with van der Waals surface area (Å²) >= 11 is 0. The summed E-state index contributed by atoms with van der Waals surface area (Å²) in [5.74, 6) is 0.583. The van der Waals surface area contributed by atoms with Gasteiger partial charge in [0.15, 0.2) is 0 Å². The summed E-state index contributed by atoms with van der Waals surface area (Å²) in [6, 6.07) is 8.50. The summed E-state index contributed by atoms with van der Waals surface area (Å²) in [5, 5.41) is 0. The fourth-order valence-corrected chi connectivity index (χ4v) is 9.53. The number of hydrogen-bond donors (Lipinski definition) is 0. The largest absolute Gasteiger partial charge is 0.348 e. The van der Waals surface area contributed by atoms with Crippen molar-refractivity contribution in [2.45, 2.75) is 76.4 Å². The minimum atomic E-state index is -0.221. The monoisotopic (exact) mass is 441 g/mol. The Kier molecular flexibility index (Phi) is 2.99. The molecule has 2 fully saturated rings. The summed E-state index contributed by atoms with van der Waals surface area (Å²) < 4.78 is 5.38. The fourth-order valence-electron chi connectivity index (χ4n) is 9.53. The van der Waals surface area contributed by atoms with Crippen LogP contribution in [-0.2, 0) is 11.8 Å². The average Bonchev–Trinajstić information content (AvgIpc) is 3.26. The molecule has 5 nitrogen and oxygen atoms in total. The molecule has 5 heteroatoms. The van der Waals surface area contributed by atoms with Crippen LogP contribution >= 0.6 is 0 Å². The summed E-state index contributed by atoms with van der Waals surface area (Å²) in [5.41, 5.74) is 2.36. The van der Waals surface area contributed by atoms with Crippen molar-refractivity contribution in [3.05, 3.63) is 80.7 Å². The SMILES string of the molecule is CC1(C)[C@H]2CC[C@@]1(C)[C@H](n1c(=O)n3n(c1=O)[C@H]1C=C[C@H]3[C@@]34C=C[C@]13c1ccccc1CC4)C2. The maximum Gasteiger partial charge on any atom is 0.348 e. The van der Waals surface area contributed by atoms with Crippen molar-refractivity contribution in [1.82, 2.24) is 13.9 Å². The van der Waals surface area contributed by atoms with Crippen LogP contribution in [0.25, 0.3) is 0 Å². The van der Waals surface area contributed by atoms with E-state index in [-0.39, 0.29) is 51.2 Å². The molecule has 0 N–H and O–H groups in total. The molecule has 2 aromatic rings. The molecule has 2 aliphatic heterocycles. The number of aromatic nitrogens is 3. The number of benzene rings is 1. The van der Waals surface area contributed by atoms with E-state index in [0.717, 1.165) is 25.7 Å². The summed E-state index contributed by atoms with van der Waals surface area (Å²) in [7, 11) is 0. The third kappa shape index (κ3) is 1.63. The van der Waals surface area contributed by atoms with Crippen molar-refractivity contribution in [1.29, 1.82) is 0 Å². The minimum Gasteiger partial charge on any atom is -0.246 e. The molecule has 0 radical (unpaired) electrons. The first-order chi connectivity index (χ1) is 15.8. The Labute approximate surface area is 193 Å². The molecule has 7 aliphatic rings. The molecule has 1 aromatic heterocycles. The summed E-state index contributed by atoms with van der Waals surface area (Å²) in [4.78, 5) is 28.2. The first kappa shape index (κ1) is 18.8. The van der Waals surface area contributed by atoms with Crippen LogP contribution in [0.1, 0.15) is 75.7 Å². The van der Waals surface area contributed by atoms with E-state index in [4.69, 9.17) is 0 Å². The lowest BCUT2D eigenvalue weighted by Gasteiger charge is -2.67. The van der Waals surface area contributed by atoms with Crippen LogP contribution in [-0.4, -0.2) is 13.9 Å². The molecule has 0 saturated heterocycles. The van der Waals surface area contributed by atoms with Crippen molar-refractivity contribution < 1.29 is 0 Å². The van der Waals surface area contributed by atoms with Gasteiger partial charge in [0, 0.05) is 11.5 Å². The summed E-state index contributed by atoms with van der Waals surface area (Å²) in [6.45, 7) is 7.02. The van der Waals surface area contributed by atoms with Gasteiger partial charge in [-0.1, -0.05) is 69.3 Å². The number of aryl methyl sites for hydroxylation is 1. The molecule has 4 bridgehead atoms. The van der Waals surface area contributed by atoms with Crippen molar-refractivity contribution in [3.8, 4) is 0 Å². The van der Waals surface area contributed by atoms with Gasteiger partial charge in [-0.2, -0.15) is 0 Å². The van der Waals surface area contributed by atoms with Gasteiger partial charge in [-0.05, 0) is 60.0 Å². The molecule has 0 amide bonds. The number of hydrogen-bond acceptors (Lipinski definition) is 2. The highest BCUT2D eigenvalue weighted by molar-refractivity contribution is 5.57. The van der Waals surface area contributed by atoms with Crippen LogP contribution in [0.15, 0.2) is 58.2 Å². The Balaban J connectivity index is 1.38. The van der Waals surface area contributed by atoms with E-state index in [9.17, 15) is 9.59 Å². The van der Waals surface area contributed by atoms with Gasteiger partial charge in [-0.15, -0.1) is 0 Å². The Bertz CT molecular complexity index is 1440. The maximum atomic E-state index is 14.1. The highest BCUT2D eigenvalue weighted by Crippen LogP contribution is 2.72. The lowest BCUT2D eigenvalue weighted by Crippen LogP contribution is -2.67. The third-order valence-corrected chi connectivity index (χ3v) is 11.8. The van der Waals surface area contributed by atoms with Crippen LogP contribution < -0.4 is 11.4 Å². The molecule has 5 aliphatic carbocycles.